The smallest absolute Gasteiger partial charge is 0.239 e. The highest BCUT2D eigenvalue weighted by molar-refractivity contribution is 7.91. The van der Waals surface area contributed by atoms with Gasteiger partial charge in [0, 0.05) is 6.26 Å². The highest BCUT2D eigenvalue weighted by Crippen LogP contribution is 2.18. The van der Waals surface area contributed by atoms with Gasteiger partial charge in [-0.1, -0.05) is 0 Å². The van der Waals surface area contributed by atoms with E-state index in [1.807, 2.05) is 0 Å². The van der Waals surface area contributed by atoms with Crippen LogP contribution in [-0.2, 0) is 14.6 Å². The second-order valence-electron chi connectivity index (χ2n) is 3.35. The molecule has 0 unspecified atom stereocenters. The zero-order chi connectivity index (χ0) is 12.3. The van der Waals surface area contributed by atoms with Crippen LogP contribution in [0.2, 0.25) is 0 Å². The molecule has 0 aliphatic heterocycles. The SMILES string of the molecule is CS(=O)(=O)CC(=O)Nc1cc(F)ccc1N. The zero-order valence-electron chi connectivity index (χ0n) is 8.53. The Morgan fingerprint density at radius 1 is 1.50 bits per heavy atom. The predicted octanol–water partition coefficient (Wildman–Crippen LogP) is 0.391. The lowest BCUT2D eigenvalue weighted by atomic mass is 10.2. The molecule has 88 valence electrons. The summed E-state index contributed by atoms with van der Waals surface area (Å²) >= 11 is 0. The highest BCUT2D eigenvalue weighted by Gasteiger charge is 2.12. The van der Waals surface area contributed by atoms with Gasteiger partial charge in [-0.05, 0) is 18.2 Å². The summed E-state index contributed by atoms with van der Waals surface area (Å²) in [5.41, 5.74) is 5.70. The largest absolute Gasteiger partial charge is 0.397 e. The fourth-order valence-electron chi connectivity index (χ4n) is 1.06. The Balaban J connectivity index is 2.81. The second-order valence-corrected chi connectivity index (χ2v) is 5.49. The van der Waals surface area contributed by atoms with Crippen molar-refractivity contribution in [2.45, 2.75) is 0 Å². The van der Waals surface area contributed by atoms with Crippen LogP contribution >= 0.6 is 0 Å². The normalized spacial score (nSPS) is 11.1. The fourth-order valence-corrected chi connectivity index (χ4v) is 1.61. The van der Waals surface area contributed by atoms with Gasteiger partial charge in [-0.3, -0.25) is 4.79 Å². The van der Waals surface area contributed by atoms with Crippen LogP contribution in [0, 0.1) is 5.82 Å². The van der Waals surface area contributed by atoms with Crippen molar-refractivity contribution in [3.05, 3.63) is 24.0 Å². The first-order valence-corrected chi connectivity index (χ1v) is 6.36. The van der Waals surface area contributed by atoms with Crippen LogP contribution in [0.25, 0.3) is 0 Å². The molecule has 5 nitrogen and oxygen atoms in total. The number of rotatable bonds is 3. The van der Waals surface area contributed by atoms with Gasteiger partial charge in [0.1, 0.15) is 11.6 Å². The molecule has 0 bridgehead atoms. The fraction of sp³-hybridized carbons (Fsp3) is 0.222. The van der Waals surface area contributed by atoms with Gasteiger partial charge in [0.2, 0.25) is 5.91 Å². The molecule has 0 spiro atoms. The van der Waals surface area contributed by atoms with Crippen LogP contribution in [0.3, 0.4) is 0 Å². The van der Waals surface area contributed by atoms with E-state index in [0.717, 1.165) is 18.4 Å². The quantitative estimate of drug-likeness (QED) is 0.755. The van der Waals surface area contributed by atoms with Gasteiger partial charge in [0.25, 0.3) is 0 Å². The van der Waals surface area contributed by atoms with Crippen LogP contribution in [0.4, 0.5) is 15.8 Å². The van der Waals surface area contributed by atoms with E-state index in [1.165, 1.54) is 6.07 Å². The summed E-state index contributed by atoms with van der Waals surface area (Å²) in [6, 6.07) is 3.45. The first-order chi connectivity index (χ1) is 7.28. The minimum Gasteiger partial charge on any atom is -0.397 e. The summed E-state index contributed by atoms with van der Waals surface area (Å²) in [5.74, 6) is -1.98. The number of hydrogen-bond acceptors (Lipinski definition) is 4. The number of sulfone groups is 1. The Hall–Kier alpha value is -1.63. The molecule has 0 saturated carbocycles. The van der Waals surface area contributed by atoms with E-state index < -0.39 is 27.3 Å². The Morgan fingerprint density at radius 2 is 2.12 bits per heavy atom. The molecule has 0 radical (unpaired) electrons. The van der Waals surface area contributed by atoms with Crippen molar-refractivity contribution in [1.82, 2.24) is 0 Å². The number of benzene rings is 1. The van der Waals surface area contributed by atoms with Gasteiger partial charge in [-0.25, -0.2) is 12.8 Å². The standard InChI is InChI=1S/C9H11FN2O3S/c1-16(14,15)5-9(13)12-8-4-6(10)2-3-7(8)11/h2-4H,5,11H2,1H3,(H,12,13). The van der Waals surface area contributed by atoms with Gasteiger partial charge in [-0.2, -0.15) is 0 Å². The summed E-state index contributed by atoms with van der Waals surface area (Å²) in [7, 11) is -3.41. The van der Waals surface area contributed by atoms with Crippen molar-refractivity contribution >= 4 is 27.1 Å². The van der Waals surface area contributed by atoms with Gasteiger partial charge in [0.05, 0.1) is 11.4 Å². The lowest BCUT2D eigenvalue weighted by Gasteiger charge is -2.07. The molecule has 1 rings (SSSR count). The average Bonchev–Trinajstić information content (AvgIpc) is 2.08. The van der Waals surface area contributed by atoms with E-state index >= 15 is 0 Å². The number of carbonyl (C=O) groups excluding carboxylic acids is 1. The maximum atomic E-state index is 12.8. The minimum absolute atomic E-state index is 0.0636. The number of amides is 1. The molecule has 0 aromatic heterocycles. The van der Waals surface area contributed by atoms with Crippen molar-refractivity contribution in [2.24, 2.45) is 0 Å². The number of carbonyl (C=O) groups is 1. The topological polar surface area (TPSA) is 89.3 Å². The lowest BCUT2D eigenvalue weighted by molar-refractivity contribution is -0.113. The Bertz CT molecular complexity index is 513. The first kappa shape index (κ1) is 12.4. The summed E-state index contributed by atoms with van der Waals surface area (Å²) < 4.78 is 34.4. The molecule has 0 fully saturated rings. The Morgan fingerprint density at radius 3 is 2.69 bits per heavy atom. The lowest BCUT2D eigenvalue weighted by Crippen LogP contribution is -2.22. The minimum atomic E-state index is -3.41. The van der Waals surface area contributed by atoms with Gasteiger partial charge >= 0.3 is 0 Å². The van der Waals surface area contributed by atoms with Gasteiger partial charge in [0.15, 0.2) is 9.84 Å². The molecule has 1 amide bonds. The molecule has 0 saturated heterocycles. The predicted molar refractivity (Wildman–Crippen MR) is 59.2 cm³/mol. The number of hydrogen-bond donors (Lipinski definition) is 2. The van der Waals surface area contributed by atoms with E-state index in [4.69, 9.17) is 5.73 Å². The maximum Gasteiger partial charge on any atom is 0.239 e. The Kier molecular flexibility index (Phi) is 3.48. The molecule has 1 aromatic carbocycles. The van der Waals surface area contributed by atoms with Crippen molar-refractivity contribution in [2.75, 3.05) is 23.1 Å². The molecule has 16 heavy (non-hydrogen) atoms. The maximum absolute atomic E-state index is 12.8. The summed E-state index contributed by atoms with van der Waals surface area (Å²) in [6.07, 6.45) is 0.932. The molecule has 0 atom stereocenters. The molecular weight excluding hydrogens is 235 g/mol. The molecule has 3 N–H and O–H groups in total. The van der Waals surface area contributed by atoms with Crippen LogP contribution in [0.1, 0.15) is 0 Å². The molecular formula is C9H11FN2O3S. The number of halogens is 1. The van der Waals surface area contributed by atoms with Crippen molar-refractivity contribution in [3.63, 3.8) is 0 Å². The Labute approximate surface area is 92.4 Å². The van der Waals surface area contributed by atoms with Crippen LogP contribution in [0.15, 0.2) is 18.2 Å². The molecule has 1 aromatic rings. The van der Waals surface area contributed by atoms with Crippen molar-refractivity contribution < 1.29 is 17.6 Å². The van der Waals surface area contributed by atoms with E-state index in [2.05, 4.69) is 5.32 Å². The molecule has 0 heterocycles. The van der Waals surface area contributed by atoms with Crippen LogP contribution in [-0.4, -0.2) is 26.3 Å². The van der Waals surface area contributed by atoms with E-state index in [0.29, 0.717) is 0 Å². The second kappa shape index (κ2) is 4.48. The number of nitrogen functional groups attached to an aromatic ring is 1. The van der Waals surface area contributed by atoms with Crippen LogP contribution < -0.4 is 11.1 Å². The average molecular weight is 246 g/mol. The molecule has 0 aliphatic carbocycles. The summed E-state index contributed by atoms with van der Waals surface area (Å²) in [6.45, 7) is 0. The first-order valence-electron chi connectivity index (χ1n) is 4.30. The third kappa shape index (κ3) is 3.85. The monoisotopic (exact) mass is 246 g/mol. The number of anilines is 2. The van der Waals surface area contributed by atoms with Gasteiger partial charge < -0.3 is 11.1 Å². The zero-order valence-corrected chi connectivity index (χ0v) is 9.34. The highest BCUT2D eigenvalue weighted by atomic mass is 32.2. The van der Waals surface area contributed by atoms with E-state index in [-0.39, 0.29) is 11.4 Å². The summed E-state index contributed by atoms with van der Waals surface area (Å²) in [5, 5.41) is 2.22. The molecule has 0 aliphatic rings. The summed E-state index contributed by atoms with van der Waals surface area (Å²) in [4.78, 5) is 11.2. The van der Waals surface area contributed by atoms with E-state index in [1.54, 1.807) is 0 Å². The molecule has 7 heteroatoms. The van der Waals surface area contributed by atoms with Crippen molar-refractivity contribution in [3.8, 4) is 0 Å². The van der Waals surface area contributed by atoms with Crippen molar-refractivity contribution in [1.29, 1.82) is 0 Å². The van der Waals surface area contributed by atoms with E-state index in [9.17, 15) is 17.6 Å². The van der Waals surface area contributed by atoms with Crippen LogP contribution in [0.5, 0.6) is 0 Å². The third-order valence-corrected chi connectivity index (χ3v) is 2.47. The third-order valence-electron chi connectivity index (χ3n) is 1.68. The van der Waals surface area contributed by atoms with Gasteiger partial charge in [-0.15, -0.1) is 0 Å². The number of nitrogens with two attached hydrogens (primary N) is 1. The number of nitrogens with one attached hydrogen (secondary N) is 1.